The zero-order valence-electron chi connectivity index (χ0n) is 13.8. The van der Waals surface area contributed by atoms with Crippen molar-refractivity contribution in [2.45, 2.75) is 26.8 Å². The van der Waals surface area contributed by atoms with Crippen LogP contribution in [0.15, 0.2) is 24.3 Å². The van der Waals surface area contributed by atoms with Crippen LogP contribution in [0.2, 0.25) is 0 Å². The van der Waals surface area contributed by atoms with Crippen LogP contribution >= 0.6 is 0 Å². The van der Waals surface area contributed by atoms with Crippen LogP contribution in [0.5, 0.6) is 0 Å². The van der Waals surface area contributed by atoms with Gasteiger partial charge in [0.2, 0.25) is 0 Å². The van der Waals surface area contributed by atoms with Gasteiger partial charge in [0.25, 0.3) is 0 Å². The maximum atomic E-state index is 11.7. The quantitative estimate of drug-likeness (QED) is 0.655. The molecule has 0 aliphatic rings. The minimum Gasteiger partial charge on any atom is -0.462 e. The molecule has 0 bridgehead atoms. The van der Waals surface area contributed by atoms with Crippen molar-refractivity contribution in [3.63, 3.8) is 0 Å². The van der Waals surface area contributed by atoms with Gasteiger partial charge in [-0.25, -0.2) is 4.79 Å². The summed E-state index contributed by atoms with van der Waals surface area (Å²) in [6, 6.07) is 7.74. The highest BCUT2D eigenvalue weighted by Gasteiger charge is 2.08. The normalized spacial score (nSPS) is 11.1. The van der Waals surface area contributed by atoms with Gasteiger partial charge in [-0.05, 0) is 44.8 Å². The minimum atomic E-state index is -0.233. The van der Waals surface area contributed by atoms with Gasteiger partial charge in [-0.3, -0.25) is 4.90 Å². The average molecular weight is 292 g/mol. The third-order valence-electron chi connectivity index (χ3n) is 3.34. The van der Waals surface area contributed by atoms with Gasteiger partial charge < -0.3 is 9.64 Å². The Morgan fingerprint density at radius 3 is 2.29 bits per heavy atom. The fourth-order valence-electron chi connectivity index (χ4n) is 1.97. The summed E-state index contributed by atoms with van der Waals surface area (Å²) in [5, 5.41) is 0. The van der Waals surface area contributed by atoms with E-state index >= 15 is 0 Å². The monoisotopic (exact) mass is 292 g/mol. The first-order chi connectivity index (χ1) is 10.1. The van der Waals surface area contributed by atoms with Crippen LogP contribution in [0.4, 0.5) is 0 Å². The predicted molar refractivity (Wildman–Crippen MR) is 86.5 cm³/mol. The van der Waals surface area contributed by atoms with E-state index in [1.54, 1.807) is 0 Å². The Balaban J connectivity index is 2.54. The molecule has 4 heteroatoms. The Morgan fingerprint density at radius 2 is 1.76 bits per heavy atom. The Hall–Kier alpha value is -1.39. The van der Waals surface area contributed by atoms with Crippen molar-refractivity contribution in [2.75, 3.05) is 40.3 Å². The van der Waals surface area contributed by atoms with Crippen molar-refractivity contribution in [1.82, 2.24) is 9.80 Å². The van der Waals surface area contributed by atoms with Crippen molar-refractivity contribution in [3.05, 3.63) is 35.4 Å². The average Bonchev–Trinajstić information content (AvgIpc) is 2.49. The number of carbonyl (C=O) groups excluding carboxylic acids is 1. The molecule has 0 saturated carbocycles. The van der Waals surface area contributed by atoms with Crippen LogP contribution in [0, 0.1) is 0 Å². The molecular weight excluding hydrogens is 264 g/mol. The van der Waals surface area contributed by atoms with Crippen molar-refractivity contribution in [3.8, 4) is 0 Å². The Bertz CT molecular complexity index is 415. The van der Waals surface area contributed by atoms with Crippen molar-refractivity contribution in [2.24, 2.45) is 0 Å². The van der Waals surface area contributed by atoms with Gasteiger partial charge in [-0.1, -0.05) is 26.0 Å². The lowest BCUT2D eigenvalue weighted by molar-refractivity contribution is 0.0505. The summed E-state index contributed by atoms with van der Waals surface area (Å²) in [5.74, 6) is -0.233. The molecule has 0 amide bonds. The van der Waals surface area contributed by atoms with E-state index in [4.69, 9.17) is 4.74 Å². The topological polar surface area (TPSA) is 32.8 Å². The number of hydrogen-bond donors (Lipinski definition) is 0. The first kappa shape index (κ1) is 17.7. The highest BCUT2D eigenvalue weighted by molar-refractivity contribution is 5.89. The van der Waals surface area contributed by atoms with E-state index in [0.717, 1.165) is 32.6 Å². The van der Waals surface area contributed by atoms with Crippen LogP contribution in [0.1, 0.15) is 36.2 Å². The summed E-state index contributed by atoms with van der Waals surface area (Å²) in [7, 11) is 4.18. The van der Waals surface area contributed by atoms with Gasteiger partial charge in [0.1, 0.15) is 0 Å². The number of likely N-dealkylation sites (N-methyl/N-ethyl adjacent to an activating group) is 2. The van der Waals surface area contributed by atoms with Gasteiger partial charge >= 0.3 is 5.97 Å². The molecule has 0 heterocycles. The molecule has 0 aliphatic carbocycles. The molecule has 0 spiro atoms. The summed E-state index contributed by atoms with van der Waals surface area (Å²) in [6.45, 7) is 8.67. The second-order valence-electron chi connectivity index (χ2n) is 5.50. The lowest BCUT2D eigenvalue weighted by Gasteiger charge is -2.22. The fraction of sp³-hybridized carbons (Fsp3) is 0.588. The van der Waals surface area contributed by atoms with E-state index < -0.39 is 0 Å². The number of nitrogens with zero attached hydrogens (tertiary/aromatic N) is 2. The number of hydrogen-bond acceptors (Lipinski definition) is 4. The molecular formula is C17H28N2O2. The molecule has 0 atom stereocenters. The van der Waals surface area contributed by atoms with E-state index in [0.29, 0.717) is 12.2 Å². The summed E-state index contributed by atoms with van der Waals surface area (Å²) in [6.07, 6.45) is 0.848. The molecule has 0 saturated heterocycles. The molecule has 4 nitrogen and oxygen atoms in total. The summed E-state index contributed by atoms with van der Waals surface area (Å²) in [5.41, 5.74) is 1.85. The van der Waals surface area contributed by atoms with E-state index in [1.807, 2.05) is 31.2 Å². The zero-order valence-corrected chi connectivity index (χ0v) is 13.8. The smallest absolute Gasteiger partial charge is 0.338 e. The van der Waals surface area contributed by atoms with Crippen LogP contribution in [0.25, 0.3) is 0 Å². The third-order valence-corrected chi connectivity index (χ3v) is 3.34. The number of benzene rings is 1. The van der Waals surface area contributed by atoms with Crippen LogP contribution in [-0.4, -0.2) is 56.1 Å². The van der Waals surface area contributed by atoms with Crippen molar-refractivity contribution < 1.29 is 9.53 Å². The zero-order chi connectivity index (χ0) is 15.7. The maximum Gasteiger partial charge on any atom is 0.338 e. The first-order valence-electron chi connectivity index (χ1n) is 7.70. The van der Waals surface area contributed by atoms with Gasteiger partial charge in [0.15, 0.2) is 0 Å². The van der Waals surface area contributed by atoms with Crippen molar-refractivity contribution >= 4 is 5.97 Å². The summed E-state index contributed by atoms with van der Waals surface area (Å²) >= 11 is 0. The van der Waals surface area contributed by atoms with Gasteiger partial charge in [0.05, 0.1) is 12.2 Å². The standard InChI is InChI=1S/C17H28N2O2/c1-5-13-21-17(20)16-9-7-15(8-10-16)14-19(6-2)12-11-18(3)4/h7-10H,5-6,11-14H2,1-4H3. The van der Waals surface area contributed by atoms with E-state index in [-0.39, 0.29) is 5.97 Å². The minimum absolute atomic E-state index is 0.233. The second-order valence-corrected chi connectivity index (χ2v) is 5.50. The predicted octanol–water partition coefficient (Wildman–Crippen LogP) is 2.64. The maximum absolute atomic E-state index is 11.7. The number of carbonyl (C=O) groups is 1. The van der Waals surface area contributed by atoms with Gasteiger partial charge in [-0.15, -0.1) is 0 Å². The molecule has 1 aromatic carbocycles. The molecule has 1 aromatic rings. The van der Waals surface area contributed by atoms with E-state index in [1.165, 1.54) is 5.56 Å². The van der Waals surface area contributed by atoms with E-state index in [2.05, 4.69) is 30.8 Å². The molecule has 0 N–H and O–H groups in total. The lowest BCUT2D eigenvalue weighted by atomic mass is 10.1. The molecule has 0 aromatic heterocycles. The Labute approximate surface area is 128 Å². The highest BCUT2D eigenvalue weighted by Crippen LogP contribution is 2.09. The molecule has 0 aliphatic heterocycles. The molecule has 1 rings (SSSR count). The fourth-order valence-corrected chi connectivity index (χ4v) is 1.97. The van der Waals surface area contributed by atoms with Gasteiger partial charge in [0, 0.05) is 19.6 Å². The summed E-state index contributed by atoms with van der Waals surface area (Å²) in [4.78, 5) is 16.3. The first-order valence-corrected chi connectivity index (χ1v) is 7.70. The third kappa shape index (κ3) is 6.74. The van der Waals surface area contributed by atoms with Crippen LogP contribution in [0.3, 0.4) is 0 Å². The second kappa shape index (κ2) is 9.53. The molecule has 21 heavy (non-hydrogen) atoms. The van der Waals surface area contributed by atoms with Gasteiger partial charge in [-0.2, -0.15) is 0 Å². The Morgan fingerprint density at radius 1 is 1.10 bits per heavy atom. The SMILES string of the molecule is CCCOC(=O)c1ccc(CN(CC)CCN(C)C)cc1. The molecule has 0 fully saturated rings. The molecule has 0 unspecified atom stereocenters. The van der Waals surface area contributed by atoms with Crippen molar-refractivity contribution in [1.29, 1.82) is 0 Å². The number of esters is 1. The largest absolute Gasteiger partial charge is 0.462 e. The number of rotatable bonds is 9. The molecule has 118 valence electrons. The van der Waals surface area contributed by atoms with Crippen LogP contribution in [-0.2, 0) is 11.3 Å². The molecule has 0 radical (unpaired) electrons. The van der Waals surface area contributed by atoms with E-state index in [9.17, 15) is 4.79 Å². The lowest BCUT2D eigenvalue weighted by Crippen LogP contribution is -2.31. The van der Waals surface area contributed by atoms with Crippen LogP contribution < -0.4 is 0 Å². The summed E-state index contributed by atoms with van der Waals surface area (Å²) < 4.78 is 5.13. The Kier molecular flexibility index (Phi) is 8.01. The highest BCUT2D eigenvalue weighted by atomic mass is 16.5. The number of ether oxygens (including phenoxy) is 1.